The average molecular weight is 153 g/mol. The smallest absolute Gasteiger partial charge is 0.314 e. The van der Waals surface area contributed by atoms with Crippen LogP contribution in [0, 0.1) is 0 Å². The Hall–Kier alpha value is -1.32. The molecule has 0 aromatic carbocycles. The Bertz CT molecular complexity index is 292. The van der Waals surface area contributed by atoms with E-state index < -0.39 is 11.9 Å². The number of aliphatic carboxylic acids is 1. The van der Waals surface area contributed by atoms with E-state index in [-0.39, 0.29) is 0 Å². The van der Waals surface area contributed by atoms with Gasteiger partial charge in [0.1, 0.15) is 11.7 Å². The van der Waals surface area contributed by atoms with Crippen molar-refractivity contribution >= 4 is 5.97 Å². The molecule has 0 spiro atoms. The predicted molar refractivity (Wildman–Crippen MR) is 35.2 cm³/mol. The van der Waals surface area contributed by atoms with Gasteiger partial charge in [-0.25, -0.2) is 4.98 Å². The molecule has 1 heterocycles. The van der Waals surface area contributed by atoms with Gasteiger partial charge >= 0.3 is 5.97 Å². The van der Waals surface area contributed by atoms with Gasteiger partial charge in [-0.1, -0.05) is 0 Å². The normalized spacial score (nSPS) is 21.6. The minimum Gasteiger partial charge on any atom is -0.481 e. The molecular formula is C7H7NO3. The molecule has 11 heavy (non-hydrogen) atoms. The third-order valence-corrected chi connectivity index (χ3v) is 1.96. The fourth-order valence-electron chi connectivity index (χ4n) is 1.40. The summed E-state index contributed by atoms with van der Waals surface area (Å²) in [6.07, 6.45) is 2.65. The first kappa shape index (κ1) is 6.39. The molecule has 1 atom stereocenters. The van der Waals surface area contributed by atoms with Gasteiger partial charge in [0.15, 0.2) is 6.39 Å². The van der Waals surface area contributed by atoms with Crippen molar-refractivity contribution in [1.29, 1.82) is 0 Å². The number of aryl methyl sites for hydroxylation is 1. The van der Waals surface area contributed by atoms with Gasteiger partial charge in [-0.2, -0.15) is 0 Å². The van der Waals surface area contributed by atoms with Gasteiger partial charge in [0.05, 0.1) is 5.69 Å². The molecule has 0 fully saturated rings. The van der Waals surface area contributed by atoms with Gasteiger partial charge in [0.25, 0.3) is 0 Å². The number of carboxylic acids is 1. The molecule has 1 aliphatic rings. The molecule has 58 valence electrons. The van der Waals surface area contributed by atoms with Crippen molar-refractivity contribution in [2.45, 2.75) is 18.8 Å². The van der Waals surface area contributed by atoms with Crippen molar-refractivity contribution in [2.24, 2.45) is 0 Å². The minimum atomic E-state index is -0.819. The Morgan fingerprint density at radius 3 is 3.36 bits per heavy atom. The van der Waals surface area contributed by atoms with Crippen molar-refractivity contribution in [2.75, 3.05) is 0 Å². The lowest BCUT2D eigenvalue weighted by molar-refractivity contribution is -0.139. The van der Waals surface area contributed by atoms with Gasteiger partial charge in [-0.3, -0.25) is 4.79 Å². The van der Waals surface area contributed by atoms with Gasteiger partial charge < -0.3 is 9.52 Å². The van der Waals surface area contributed by atoms with Crippen molar-refractivity contribution in [1.82, 2.24) is 4.98 Å². The van der Waals surface area contributed by atoms with E-state index in [0.29, 0.717) is 12.2 Å². The molecule has 0 radical (unpaired) electrons. The zero-order valence-corrected chi connectivity index (χ0v) is 5.78. The third-order valence-electron chi connectivity index (χ3n) is 1.96. The fraction of sp³-hybridized carbons (Fsp3) is 0.429. The van der Waals surface area contributed by atoms with Gasteiger partial charge in [-0.05, 0) is 12.8 Å². The summed E-state index contributed by atoms with van der Waals surface area (Å²) in [5, 5.41) is 8.69. The minimum absolute atomic E-state index is 0.465. The summed E-state index contributed by atoms with van der Waals surface area (Å²) >= 11 is 0. The lowest BCUT2D eigenvalue weighted by atomic mass is 10.1. The molecule has 0 saturated carbocycles. The summed E-state index contributed by atoms with van der Waals surface area (Å²) in [7, 11) is 0. The first-order valence-electron chi connectivity index (χ1n) is 3.44. The first-order valence-corrected chi connectivity index (χ1v) is 3.44. The zero-order chi connectivity index (χ0) is 7.84. The lowest BCUT2D eigenvalue weighted by Gasteiger charge is -1.98. The van der Waals surface area contributed by atoms with Crippen LogP contribution >= 0.6 is 0 Å². The summed E-state index contributed by atoms with van der Waals surface area (Å²) in [5.41, 5.74) is 0.803. The number of rotatable bonds is 1. The zero-order valence-electron chi connectivity index (χ0n) is 5.78. The largest absolute Gasteiger partial charge is 0.481 e. The second-order valence-electron chi connectivity index (χ2n) is 2.59. The monoisotopic (exact) mass is 153 g/mol. The molecule has 0 bridgehead atoms. The predicted octanol–water partition coefficient (Wildman–Crippen LogP) is 0.789. The van der Waals surface area contributed by atoms with E-state index in [1.54, 1.807) is 0 Å². The quantitative estimate of drug-likeness (QED) is 0.647. The van der Waals surface area contributed by atoms with Crippen LogP contribution in [-0.4, -0.2) is 16.1 Å². The highest BCUT2D eigenvalue weighted by Gasteiger charge is 2.32. The number of carbonyl (C=O) groups is 1. The van der Waals surface area contributed by atoms with Crippen LogP contribution < -0.4 is 0 Å². The topological polar surface area (TPSA) is 63.3 Å². The number of hydrogen-bond acceptors (Lipinski definition) is 3. The summed E-state index contributed by atoms with van der Waals surface area (Å²) in [4.78, 5) is 14.5. The molecule has 4 heteroatoms. The molecule has 1 aliphatic carbocycles. The summed E-state index contributed by atoms with van der Waals surface area (Å²) < 4.78 is 4.96. The van der Waals surface area contributed by atoms with Crippen LogP contribution in [0.2, 0.25) is 0 Å². The number of fused-ring (bicyclic) bond motifs is 1. The Balaban J connectivity index is 2.38. The lowest BCUT2D eigenvalue weighted by Crippen LogP contribution is -2.06. The number of carboxylic acid groups (broad SMARTS) is 1. The van der Waals surface area contributed by atoms with Gasteiger partial charge in [-0.15, -0.1) is 0 Å². The molecular weight excluding hydrogens is 146 g/mol. The molecule has 1 unspecified atom stereocenters. The van der Waals surface area contributed by atoms with Crippen LogP contribution in [0.1, 0.15) is 23.8 Å². The molecule has 1 aromatic heterocycles. The summed E-state index contributed by atoms with van der Waals surface area (Å²) in [6.45, 7) is 0. The summed E-state index contributed by atoms with van der Waals surface area (Å²) in [5.74, 6) is -0.745. The van der Waals surface area contributed by atoms with Crippen molar-refractivity contribution < 1.29 is 14.3 Å². The van der Waals surface area contributed by atoms with Crippen LogP contribution in [0.5, 0.6) is 0 Å². The molecule has 0 saturated heterocycles. The number of aromatic nitrogens is 1. The molecule has 1 aromatic rings. The van der Waals surface area contributed by atoms with Crippen molar-refractivity contribution in [3.63, 3.8) is 0 Å². The van der Waals surface area contributed by atoms with E-state index in [4.69, 9.17) is 9.52 Å². The SMILES string of the molecule is O=C(O)C1CCc2ncoc21. The number of nitrogens with zero attached hydrogens (tertiary/aromatic N) is 1. The maximum Gasteiger partial charge on any atom is 0.314 e. The highest BCUT2D eigenvalue weighted by atomic mass is 16.4. The molecule has 4 nitrogen and oxygen atoms in total. The van der Waals surface area contributed by atoms with E-state index in [1.165, 1.54) is 6.39 Å². The Morgan fingerprint density at radius 1 is 1.82 bits per heavy atom. The van der Waals surface area contributed by atoms with Crippen molar-refractivity contribution in [3.8, 4) is 0 Å². The average Bonchev–Trinajstić information content (AvgIpc) is 2.41. The standard InChI is InChI=1S/C7H7NO3/c9-7(10)4-1-2-5-6(4)11-3-8-5/h3-4H,1-2H2,(H,9,10). The number of oxazole rings is 1. The fourth-order valence-corrected chi connectivity index (χ4v) is 1.40. The number of hydrogen-bond donors (Lipinski definition) is 1. The van der Waals surface area contributed by atoms with E-state index in [0.717, 1.165) is 12.1 Å². The van der Waals surface area contributed by atoms with E-state index in [9.17, 15) is 4.79 Å². The van der Waals surface area contributed by atoms with E-state index in [2.05, 4.69) is 4.98 Å². The van der Waals surface area contributed by atoms with E-state index >= 15 is 0 Å². The highest BCUT2D eigenvalue weighted by molar-refractivity contribution is 5.76. The third kappa shape index (κ3) is 0.824. The van der Waals surface area contributed by atoms with Crippen LogP contribution in [0.3, 0.4) is 0 Å². The Kier molecular flexibility index (Phi) is 1.21. The van der Waals surface area contributed by atoms with Gasteiger partial charge in [0.2, 0.25) is 0 Å². The van der Waals surface area contributed by atoms with Gasteiger partial charge in [0, 0.05) is 0 Å². The Morgan fingerprint density at radius 2 is 2.64 bits per heavy atom. The van der Waals surface area contributed by atoms with Crippen LogP contribution in [0.25, 0.3) is 0 Å². The van der Waals surface area contributed by atoms with Crippen LogP contribution in [0.4, 0.5) is 0 Å². The molecule has 0 amide bonds. The Labute approximate surface area is 62.9 Å². The second kappa shape index (κ2) is 2.08. The van der Waals surface area contributed by atoms with Crippen LogP contribution in [-0.2, 0) is 11.2 Å². The van der Waals surface area contributed by atoms with Crippen molar-refractivity contribution in [3.05, 3.63) is 17.8 Å². The highest BCUT2D eigenvalue weighted by Crippen LogP contribution is 2.31. The second-order valence-corrected chi connectivity index (χ2v) is 2.59. The molecule has 0 aliphatic heterocycles. The van der Waals surface area contributed by atoms with E-state index in [1.807, 2.05) is 0 Å². The first-order chi connectivity index (χ1) is 5.29. The van der Waals surface area contributed by atoms with Crippen LogP contribution in [0.15, 0.2) is 10.8 Å². The molecule has 2 rings (SSSR count). The maximum atomic E-state index is 10.6. The maximum absolute atomic E-state index is 10.6. The summed E-state index contributed by atoms with van der Waals surface area (Å²) in [6, 6.07) is 0. The molecule has 1 N–H and O–H groups in total.